The number of carboxylic acid groups (broad SMARTS) is 1. The summed E-state index contributed by atoms with van der Waals surface area (Å²) >= 11 is 3.33. The fraction of sp³-hybridized carbons (Fsp3) is 0.345. The fourth-order valence-electron chi connectivity index (χ4n) is 5.05. The highest BCUT2D eigenvalue weighted by Gasteiger charge is 2.23. The second-order valence-corrected chi connectivity index (χ2v) is 12.2. The maximum absolute atomic E-state index is 13.2. The monoisotopic (exact) mass is 585 g/mol. The van der Waals surface area contributed by atoms with Gasteiger partial charge < -0.3 is 10.2 Å². The Balaban J connectivity index is 1.69. The molecule has 0 aromatic heterocycles. The summed E-state index contributed by atoms with van der Waals surface area (Å²) < 4.78 is 29.9. The van der Waals surface area contributed by atoms with Crippen molar-refractivity contribution < 1.29 is 23.4 Å². The average molecular weight is 587 g/mol. The van der Waals surface area contributed by atoms with Crippen LogP contribution in [-0.4, -0.2) is 24.6 Å². The van der Waals surface area contributed by atoms with Crippen LogP contribution < -0.4 is 4.72 Å². The van der Waals surface area contributed by atoms with Crippen LogP contribution in [0.15, 0.2) is 75.6 Å². The van der Waals surface area contributed by atoms with Crippen LogP contribution in [0.25, 0.3) is 10.8 Å². The Bertz CT molecular complexity index is 1400. The van der Waals surface area contributed by atoms with Crippen molar-refractivity contribution in [2.24, 2.45) is 0 Å². The molecule has 0 aliphatic heterocycles. The first kappa shape index (κ1) is 27.2. The second kappa shape index (κ2) is 12.1. The molecule has 1 aliphatic carbocycles. The number of carboxylic acids is 1. The van der Waals surface area contributed by atoms with Crippen molar-refractivity contribution >= 4 is 48.4 Å². The minimum Gasteiger partial charge on any atom is -0.507 e. The van der Waals surface area contributed by atoms with Gasteiger partial charge in [-0.25, -0.2) is 8.42 Å². The summed E-state index contributed by atoms with van der Waals surface area (Å²) in [7, 11) is -3.89. The third-order valence-electron chi connectivity index (χ3n) is 7.00. The van der Waals surface area contributed by atoms with Gasteiger partial charge in [-0.3, -0.25) is 9.52 Å². The fourth-order valence-corrected chi connectivity index (χ4v) is 6.39. The minimum atomic E-state index is -3.89. The van der Waals surface area contributed by atoms with Gasteiger partial charge in [-0.1, -0.05) is 51.8 Å². The molecular formula is C29H32BrNO5S. The van der Waals surface area contributed by atoms with Crippen LogP contribution in [0.2, 0.25) is 0 Å². The van der Waals surface area contributed by atoms with E-state index in [4.69, 9.17) is 0 Å². The molecule has 0 saturated heterocycles. The molecule has 1 unspecified atom stereocenters. The lowest BCUT2D eigenvalue weighted by atomic mass is 9.85. The molecule has 8 heteroatoms. The lowest BCUT2D eigenvalue weighted by Gasteiger charge is -2.22. The van der Waals surface area contributed by atoms with Gasteiger partial charge in [0.1, 0.15) is 5.75 Å². The summed E-state index contributed by atoms with van der Waals surface area (Å²) in [5.41, 5.74) is 2.39. The Morgan fingerprint density at radius 3 is 2.43 bits per heavy atom. The molecule has 0 spiro atoms. The van der Waals surface area contributed by atoms with E-state index in [1.807, 2.05) is 0 Å². The molecular weight excluding hydrogens is 554 g/mol. The van der Waals surface area contributed by atoms with Crippen molar-refractivity contribution in [1.29, 1.82) is 0 Å². The van der Waals surface area contributed by atoms with Gasteiger partial charge in [0.15, 0.2) is 0 Å². The maximum atomic E-state index is 13.2. The number of phenolic OH excluding ortho intramolecular Hbond substituents is 1. The van der Waals surface area contributed by atoms with Crippen LogP contribution >= 0.6 is 15.9 Å². The molecule has 1 aliphatic rings. The number of phenols is 1. The van der Waals surface area contributed by atoms with Crippen molar-refractivity contribution in [3.05, 3.63) is 76.3 Å². The predicted octanol–water partition coefficient (Wildman–Crippen LogP) is 7.73. The van der Waals surface area contributed by atoms with Crippen LogP contribution in [0, 0.1) is 0 Å². The number of hydrogen-bond donors (Lipinski definition) is 3. The van der Waals surface area contributed by atoms with E-state index in [0.29, 0.717) is 34.9 Å². The van der Waals surface area contributed by atoms with Gasteiger partial charge >= 0.3 is 5.97 Å². The van der Waals surface area contributed by atoms with E-state index in [-0.39, 0.29) is 23.0 Å². The molecule has 3 N–H and O–H groups in total. The molecule has 0 amide bonds. The molecule has 0 saturated carbocycles. The van der Waals surface area contributed by atoms with Gasteiger partial charge in [-0.2, -0.15) is 0 Å². The number of anilines is 1. The highest BCUT2D eigenvalue weighted by molar-refractivity contribution is 9.10. The van der Waals surface area contributed by atoms with E-state index in [0.717, 1.165) is 30.2 Å². The number of rotatable bonds is 11. The van der Waals surface area contributed by atoms with Crippen molar-refractivity contribution in [3.63, 3.8) is 0 Å². The number of fused-ring (bicyclic) bond motifs is 1. The van der Waals surface area contributed by atoms with Crippen LogP contribution in [0.3, 0.4) is 0 Å². The Labute approximate surface area is 226 Å². The van der Waals surface area contributed by atoms with Crippen LogP contribution in [0.4, 0.5) is 5.69 Å². The molecule has 0 radical (unpaired) electrons. The molecule has 37 heavy (non-hydrogen) atoms. The van der Waals surface area contributed by atoms with Crippen LogP contribution in [0.1, 0.15) is 69.3 Å². The maximum Gasteiger partial charge on any atom is 0.303 e. The summed E-state index contributed by atoms with van der Waals surface area (Å²) in [4.78, 5) is 11.5. The Morgan fingerprint density at radius 2 is 1.76 bits per heavy atom. The van der Waals surface area contributed by atoms with Gasteiger partial charge in [0.2, 0.25) is 0 Å². The Hall–Kier alpha value is -2.84. The zero-order chi connectivity index (χ0) is 26.4. The van der Waals surface area contributed by atoms with Crippen LogP contribution in [-0.2, 0) is 14.8 Å². The quantitative estimate of drug-likeness (QED) is 0.158. The summed E-state index contributed by atoms with van der Waals surface area (Å²) in [5, 5.41) is 21.7. The zero-order valence-corrected chi connectivity index (χ0v) is 23.0. The van der Waals surface area contributed by atoms with Crippen LogP contribution in [0.5, 0.6) is 5.75 Å². The summed E-state index contributed by atoms with van der Waals surface area (Å²) in [5.74, 6) is -1.04. The number of aromatic hydroxyl groups is 1. The van der Waals surface area contributed by atoms with Gasteiger partial charge in [0.05, 0.1) is 10.6 Å². The highest BCUT2D eigenvalue weighted by Crippen LogP contribution is 2.42. The first-order valence-electron chi connectivity index (χ1n) is 12.7. The van der Waals surface area contributed by atoms with Crippen molar-refractivity contribution in [2.45, 2.75) is 68.6 Å². The second-order valence-electron chi connectivity index (χ2n) is 9.60. The molecule has 0 heterocycles. The number of hydrogen-bond acceptors (Lipinski definition) is 4. The first-order valence-corrected chi connectivity index (χ1v) is 14.9. The Morgan fingerprint density at radius 1 is 1.03 bits per heavy atom. The molecule has 3 aromatic carbocycles. The predicted molar refractivity (Wildman–Crippen MR) is 151 cm³/mol. The normalized spacial score (nSPS) is 14.8. The molecule has 0 bridgehead atoms. The SMILES string of the molecule is O=C(O)CCC(CCCC1=CCCCC1)c1cc(NS(=O)(=O)c2ccc(Br)cc2)c2ccccc2c1O. The number of aliphatic carboxylic acids is 1. The number of allylic oxidation sites excluding steroid dienone is 2. The average Bonchev–Trinajstić information content (AvgIpc) is 2.88. The van der Waals surface area contributed by atoms with E-state index in [1.54, 1.807) is 42.5 Å². The van der Waals surface area contributed by atoms with Crippen molar-refractivity contribution in [3.8, 4) is 5.75 Å². The molecule has 196 valence electrons. The third-order valence-corrected chi connectivity index (χ3v) is 8.91. The summed E-state index contributed by atoms with van der Waals surface area (Å²) in [6, 6.07) is 15.2. The minimum absolute atomic E-state index is 0.0282. The number of nitrogens with one attached hydrogen (secondary N) is 1. The van der Waals surface area contributed by atoms with E-state index < -0.39 is 16.0 Å². The Kier molecular flexibility index (Phi) is 8.92. The molecule has 3 aromatic rings. The molecule has 0 fully saturated rings. The van der Waals surface area contributed by atoms with Gasteiger partial charge in [0, 0.05) is 21.7 Å². The lowest BCUT2D eigenvalue weighted by molar-refractivity contribution is -0.137. The van der Waals surface area contributed by atoms with E-state index in [9.17, 15) is 23.4 Å². The molecule has 4 rings (SSSR count). The largest absolute Gasteiger partial charge is 0.507 e. The van der Waals surface area contributed by atoms with Gasteiger partial charge in [-0.15, -0.1) is 0 Å². The lowest BCUT2D eigenvalue weighted by Crippen LogP contribution is -2.14. The molecule has 1 atom stereocenters. The van der Waals surface area contributed by atoms with Gasteiger partial charge in [-0.05, 0) is 93.2 Å². The van der Waals surface area contributed by atoms with E-state index >= 15 is 0 Å². The summed E-state index contributed by atoms with van der Waals surface area (Å²) in [6.45, 7) is 0. The van der Waals surface area contributed by atoms with Crippen molar-refractivity contribution in [1.82, 2.24) is 0 Å². The van der Waals surface area contributed by atoms with E-state index in [2.05, 4.69) is 26.7 Å². The zero-order valence-electron chi connectivity index (χ0n) is 20.6. The van der Waals surface area contributed by atoms with Crippen molar-refractivity contribution in [2.75, 3.05) is 4.72 Å². The van der Waals surface area contributed by atoms with Gasteiger partial charge in [0.25, 0.3) is 10.0 Å². The topological polar surface area (TPSA) is 104 Å². The van der Waals surface area contributed by atoms with E-state index in [1.165, 1.54) is 30.5 Å². The standard InChI is InChI=1S/C29H32BrNO5S/c30-22-14-16-23(17-15-22)37(35,36)31-27-19-26(29(34)25-12-5-4-11-24(25)27)21(13-18-28(32)33)10-6-9-20-7-2-1-3-8-20/h4-5,7,11-12,14-17,19,21,31,34H,1-3,6,8-10,13,18H2,(H,32,33). The molecule has 6 nitrogen and oxygen atoms in total. The highest BCUT2D eigenvalue weighted by atomic mass is 79.9. The number of halogens is 1. The number of sulfonamides is 1. The summed E-state index contributed by atoms with van der Waals surface area (Å²) in [6.07, 6.45) is 9.86. The smallest absolute Gasteiger partial charge is 0.303 e. The third kappa shape index (κ3) is 6.93. The first-order chi connectivity index (χ1) is 17.7. The number of carbonyl (C=O) groups is 1. The number of benzene rings is 3.